The molecule has 0 aromatic rings. The molecule has 5 heteroatoms. The lowest BCUT2D eigenvalue weighted by Gasteiger charge is -2.27. The van der Waals surface area contributed by atoms with E-state index in [2.05, 4.69) is 76.8 Å². The van der Waals surface area contributed by atoms with E-state index in [4.69, 9.17) is 9.47 Å². The maximum atomic E-state index is 12.7. The minimum atomic E-state index is -0.0774. The predicted octanol–water partition coefficient (Wildman–Crippen LogP) is 10.5. The van der Waals surface area contributed by atoms with E-state index >= 15 is 0 Å². The van der Waals surface area contributed by atoms with Gasteiger partial charge in [0.1, 0.15) is 13.2 Å². The summed E-state index contributed by atoms with van der Waals surface area (Å²) in [5, 5.41) is 0. The molecule has 0 spiro atoms. The summed E-state index contributed by atoms with van der Waals surface area (Å²) in [6.45, 7) is 15.2. The minimum Gasteiger partial charge on any atom is -0.464 e. The van der Waals surface area contributed by atoms with Crippen molar-refractivity contribution in [3.05, 3.63) is 58.2 Å². The molecule has 2 aliphatic carbocycles. The number of carbonyl (C=O) groups is 2. The van der Waals surface area contributed by atoms with E-state index < -0.39 is 0 Å². The van der Waals surface area contributed by atoms with Crippen molar-refractivity contribution in [2.45, 2.75) is 138 Å². The molecule has 2 rings (SSSR count). The van der Waals surface area contributed by atoms with Gasteiger partial charge in [-0.1, -0.05) is 58.2 Å². The van der Waals surface area contributed by atoms with Crippen LogP contribution in [0.4, 0.5) is 0 Å². The molecule has 0 aromatic heterocycles. The molecule has 2 aliphatic rings. The van der Waals surface area contributed by atoms with Gasteiger partial charge in [0.05, 0.1) is 11.8 Å². The van der Waals surface area contributed by atoms with Gasteiger partial charge in [0.25, 0.3) is 0 Å². The first-order valence-electron chi connectivity index (χ1n) is 18.3. The van der Waals surface area contributed by atoms with Crippen molar-refractivity contribution in [2.24, 2.45) is 17.8 Å². The molecule has 0 aliphatic heterocycles. The molecule has 260 valence electrons. The normalized spacial score (nSPS) is 20.6. The predicted molar refractivity (Wildman–Crippen MR) is 194 cm³/mol. The first-order chi connectivity index (χ1) is 22.0. The smallest absolute Gasteiger partial charge is 0.309 e. The first kappa shape index (κ1) is 39.8. The fraction of sp³-hybridized carbons (Fsp3) is 0.707. The minimum absolute atomic E-state index is 0.0235. The second-order valence-electron chi connectivity index (χ2n) is 14.5. The Hall–Kier alpha value is -2.40. The maximum Gasteiger partial charge on any atom is 0.309 e. The van der Waals surface area contributed by atoms with E-state index in [0.29, 0.717) is 26.3 Å². The zero-order valence-corrected chi connectivity index (χ0v) is 30.6. The van der Waals surface area contributed by atoms with Crippen LogP contribution in [0.2, 0.25) is 0 Å². The van der Waals surface area contributed by atoms with Gasteiger partial charge >= 0.3 is 11.9 Å². The van der Waals surface area contributed by atoms with E-state index in [0.717, 1.165) is 95.8 Å². The van der Waals surface area contributed by atoms with Gasteiger partial charge in [-0.25, -0.2) is 0 Å². The Bertz CT molecular complexity index is 1060. The molecule has 1 atom stereocenters. The van der Waals surface area contributed by atoms with Crippen molar-refractivity contribution < 1.29 is 19.1 Å². The molecule has 0 N–H and O–H groups in total. The molecule has 1 fully saturated rings. The third-order valence-corrected chi connectivity index (χ3v) is 9.66. The van der Waals surface area contributed by atoms with Crippen molar-refractivity contribution in [3.63, 3.8) is 0 Å². The Kier molecular flexibility index (Phi) is 19.9. The number of hydrogen-bond donors (Lipinski definition) is 0. The summed E-state index contributed by atoms with van der Waals surface area (Å²) in [5.74, 6) is 0.637. The van der Waals surface area contributed by atoms with E-state index in [1.165, 1.54) is 34.3 Å². The summed E-state index contributed by atoms with van der Waals surface area (Å²) >= 11 is 0. The summed E-state index contributed by atoms with van der Waals surface area (Å²) in [6.07, 6.45) is 27.6. The van der Waals surface area contributed by atoms with Crippen molar-refractivity contribution >= 4 is 11.9 Å². The van der Waals surface area contributed by atoms with Crippen molar-refractivity contribution in [1.82, 2.24) is 4.90 Å². The number of hydrogen-bond acceptors (Lipinski definition) is 5. The molecule has 1 saturated carbocycles. The summed E-state index contributed by atoms with van der Waals surface area (Å²) in [7, 11) is 1.98. The fourth-order valence-electron chi connectivity index (χ4n) is 6.42. The molecule has 0 bridgehead atoms. The van der Waals surface area contributed by atoms with Crippen LogP contribution in [0.25, 0.3) is 0 Å². The summed E-state index contributed by atoms with van der Waals surface area (Å²) in [4.78, 5) is 27.3. The molecule has 0 amide bonds. The number of ether oxygens (including phenoxy) is 2. The number of carbonyl (C=O) groups excluding carboxylic acids is 2. The molecule has 46 heavy (non-hydrogen) atoms. The molecule has 0 heterocycles. The van der Waals surface area contributed by atoms with Gasteiger partial charge in [0, 0.05) is 13.1 Å². The zero-order chi connectivity index (χ0) is 33.7. The molecular weight excluding hydrogens is 570 g/mol. The van der Waals surface area contributed by atoms with Crippen LogP contribution in [0.3, 0.4) is 0 Å². The molecule has 0 radical (unpaired) electrons. The number of esters is 2. The molecule has 0 aromatic carbocycles. The Morgan fingerprint density at radius 3 is 1.78 bits per heavy atom. The summed E-state index contributed by atoms with van der Waals surface area (Å²) in [5.41, 5.74) is 7.21. The van der Waals surface area contributed by atoms with Gasteiger partial charge in [-0.05, 0) is 151 Å². The standard InChI is InChI=1S/C41H67NO4/c1-32(2)12-8-14-34(5)16-10-18-36-20-24-38(25-21-36)40(43)45-30-28-42(7)29-31-46-41(44)39-26-22-37(23-27-39)19-11-17-35(6)15-9-13-33(3)4/h12-13,16-17,20,37-39H,8-11,14-15,18-19,21-31H2,1-7H3/b34-16+,35-17+. The quantitative estimate of drug-likeness (QED) is 0.0982. The monoisotopic (exact) mass is 638 g/mol. The van der Waals surface area contributed by atoms with Crippen LogP contribution in [-0.2, 0) is 19.1 Å². The molecule has 5 nitrogen and oxygen atoms in total. The Morgan fingerprint density at radius 2 is 1.26 bits per heavy atom. The largest absolute Gasteiger partial charge is 0.464 e. The van der Waals surface area contributed by atoms with Crippen molar-refractivity contribution in [1.29, 1.82) is 0 Å². The second kappa shape index (κ2) is 23.0. The Labute approximate surface area is 282 Å². The first-order valence-corrected chi connectivity index (χ1v) is 18.3. The number of rotatable bonds is 20. The van der Waals surface area contributed by atoms with Gasteiger partial charge in [-0.2, -0.15) is 0 Å². The average molecular weight is 638 g/mol. The average Bonchev–Trinajstić information content (AvgIpc) is 3.01. The van der Waals surface area contributed by atoms with Gasteiger partial charge in [0.2, 0.25) is 0 Å². The van der Waals surface area contributed by atoms with Crippen molar-refractivity contribution in [2.75, 3.05) is 33.4 Å². The Balaban J connectivity index is 1.52. The van der Waals surface area contributed by atoms with Gasteiger partial charge in [-0.3, -0.25) is 14.5 Å². The summed E-state index contributed by atoms with van der Waals surface area (Å²) in [6, 6.07) is 0. The lowest BCUT2D eigenvalue weighted by atomic mass is 9.80. The van der Waals surface area contributed by atoms with Gasteiger partial charge < -0.3 is 9.47 Å². The third kappa shape index (κ3) is 18.1. The molecule has 0 saturated heterocycles. The SMILES string of the molecule is CC(C)=CCC/C(C)=C/CCC1=CCC(C(=O)OCCN(C)CCOC(=O)C2CCC(CC/C=C(\C)CCC=C(C)C)CC2)CC1. The van der Waals surface area contributed by atoms with Crippen molar-refractivity contribution in [3.8, 4) is 0 Å². The van der Waals surface area contributed by atoms with Crippen LogP contribution in [-0.4, -0.2) is 50.2 Å². The van der Waals surface area contributed by atoms with Gasteiger partial charge in [-0.15, -0.1) is 0 Å². The molecule has 1 unspecified atom stereocenters. The second-order valence-corrected chi connectivity index (χ2v) is 14.5. The van der Waals surface area contributed by atoms with E-state index in [-0.39, 0.29) is 23.8 Å². The number of likely N-dealkylation sites (N-methyl/N-ethyl adjacent to an activating group) is 1. The van der Waals surface area contributed by atoms with Crippen LogP contribution < -0.4 is 0 Å². The number of nitrogens with zero attached hydrogens (tertiary/aromatic N) is 1. The molecular formula is C41H67NO4. The van der Waals surface area contributed by atoms with E-state index in [1.54, 1.807) is 0 Å². The highest BCUT2D eigenvalue weighted by molar-refractivity contribution is 5.73. The zero-order valence-electron chi connectivity index (χ0n) is 30.6. The van der Waals surface area contributed by atoms with Crippen LogP contribution >= 0.6 is 0 Å². The van der Waals surface area contributed by atoms with Crippen LogP contribution in [0, 0.1) is 17.8 Å². The highest BCUT2D eigenvalue weighted by Gasteiger charge is 2.27. The van der Waals surface area contributed by atoms with Crippen LogP contribution in [0.15, 0.2) is 58.2 Å². The van der Waals surface area contributed by atoms with Crippen LogP contribution in [0.5, 0.6) is 0 Å². The fourth-order valence-corrected chi connectivity index (χ4v) is 6.42. The Morgan fingerprint density at radius 1 is 0.717 bits per heavy atom. The lowest BCUT2D eigenvalue weighted by molar-refractivity contribution is -0.150. The topological polar surface area (TPSA) is 55.8 Å². The highest BCUT2D eigenvalue weighted by atomic mass is 16.5. The van der Waals surface area contributed by atoms with Gasteiger partial charge in [0.15, 0.2) is 0 Å². The highest BCUT2D eigenvalue weighted by Crippen LogP contribution is 2.32. The maximum absolute atomic E-state index is 12.7. The number of allylic oxidation sites excluding steroid dienone is 10. The lowest BCUT2D eigenvalue weighted by Crippen LogP contribution is -2.31. The third-order valence-electron chi connectivity index (χ3n) is 9.66. The summed E-state index contributed by atoms with van der Waals surface area (Å²) < 4.78 is 11.3. The van der Waals surface area contributed by atoms with E-state index in [1.807, 2.05) is 7.05 Å². The van der Waals surface area contributed by atoms with Crippen LogP contribution in [0.1, 0.15) is 138 Å². The van der Waals surface area contributed by atoms with E-state index in [9.17, 15) is 9.59 Å².